The van der Waals surface area contributed by atoms with Crippen molar-refractivity contribution in [1.82, 2.24) is 5.32 Å². The Hall–Kier alpha value is -1.26. The molecule has 2 N–H and O–H groups in total. The average Bonchev–Trinajstić information content (AvgIpc) is 2.38. The first kappa shape index (κ1) is 13.2. The Balaban J connectivity index is 1.97. The van der Waals surface area contributed by atoms with E-state index in [1.807, 2.05) is 12.1 Å². The van der Waals surface area contributed by atoms with E-state index in [0.29, 0.717) is 12.3 Å². The molecule has 0 spiro atoms. The zero-order valence-electron chi connectivity index (χ0n) is 11.0. The fraction of sp³-hybridized carbons (Fsp3) is 0.571. The molecule has 2 rings (SSSR count). The van der Waals surface area contributed by atoms with Crippen molar-refractivity contribution in [2.24, 2.45) is 0 Å². The van der Waals surface area contributed by atoms with Gasteiger partial charge in [0.25, 0.3) is 0 Å². The van der Waals surface area contributed by atoms with Crippen LogP contribution in [0.4, 0.5) is 0 Å². The van der Waals surface area contributed by atoms with Crippen molar-refractivity contribution < 1.29 is 14.6 Å². The van der Waals surface area contributed by atoms with Gasteiger partial charge in [-0.2, -0.15) is 0 Å². The molecule has 0 bridgehead atoms. The monoisotopic (exact) mass is 251 g/mol. The van der Waals surface area contributed by atoms with Crippen molar-refractivity contribution >= 4 is 0 Å². The fourth-order valence-electron chi connectivity index (χ4n) is 2.13. The number of hydrogen-bond donors (Lipinski definition) is 2. The predicted octanol–water partition coefficient (Wildman–Crippen LogP) is 2.06. The summed E-state index contributed by atoms with van der Waals surface area (Å²) in [6.45, 7) is 4.47. The summed E-state index contributed by atoms with van der Waals surface area (Å²) in [7, 11) is 1.59. The number of rotatable bonds is 4. The third-order valence-electron chi connectivity index (χ3n) is 3.59. The van der Waals surface area contributed by atoms with Crippen LogP contribution < -0.4 is 10.1 Å². The van der Waals surface area contributed by atoms with Gasteiger partial charge in [-0.3, -0.25) is 0 Å². The van der Waals surface area contributed by atoms with Gasteiger partial charge in [0.15, 0.2) is 0 Å². The summed E-state index contributed by atoms with van der Waals surface area (Å²) < 4.78 is 10.4. The molecule has 1 saturated heterocycles. The number of phenolic OH excluding ortho intramolecular Hbond substituents is 1. The predicted molar refractivity (Wildman–Crippen MR) is 70.0 cm³/mol. The molecular formula is C14H21NO3. The van der Waals surface area contributed by atoms with Gasteiger partial charge in [0.05, 0.1) is 7.11 Å². The van der Waals surface area contributed by atoms with E-state index in [2.05, 4.69) is 12.2 Å². The fourth-order valence-corrected chi connectivity index (χ4v) is 2.13. The van der Waals surface area contributed by atoms with E-state index in [9.17, 15) is 5.11 Å². The Morgan fingerprint density at radius 2 is 2.11 bits per heavy atom. The van der Waals surface area contributed by atoms with Gasteiger partial charge in [0.1, 0.15) is 11.5 Å². The molecule has 0 aliphatic carbocycles. The maximum absolute atomic E-state index is 9.89. The molecule has 1 aromatic carbocycles. The lowest BCUT2D eigenvalue weighted by atomic mass is 9.92. The van der Waals surface area contributed by atoms with Crippen LogP contribution in [-0.2, 0) is 11.3 Å². The van der Waals surface area contributed by atoms with Crippen LogP contribution in [-0.4, -0.2) is 31.0 Å². The Kier molecular flexibility index (Phi) is 4.09. The quantitative estimate of drug-likeness (QED) is 0.860. The second-order valence-electron chi connectivity index (χ2n) is 5.02. The zero-order valence-corrected chi connectivity index (χ0v) is 11.0. The normalized spacial score (nSPS) is 18.6. The Morgan fingerprint density at radius 1 is 1.39 bits per heavy atom. The third kappa shape index (κ3) is 3.15. The van der Waals surface area contributed by atoms with Crippen molar-refractivity contribution in [1.29, 1.82) is 0 Å². The van der Waals surface area contributed by atoms with Gasteiger partial charge in [-0.15, -0.1) is 0 Å². The number of nitrogens with one attached hydrogen (secondary N) is 1. The molecule has 0 aromatic heterocycles. The van der Waals surface area contributed by atoms with Crippen molar-refractivity contribution in [3.05, 3.63) is 23.8 Å². The molecule has 4 nitrogen and oxygen atoms in total. The highest BCUT2D eigenvalue weighted by Gasteiger charge is 2.26. The minimum Gasteiger partial charge on any atom is -0.507 e. The van der Waals surface area contributed by atoms with Gasteiger partial charge < -0.3 is 19.9 Å². The van der Waals surface area contributed by atoms with Crippen LogP contribution in [0.1, 0.15) is 25.3 Å². The van der Waals surface area contributed by atoms with Crippen molar-refractivity contribution in [2.45, 2.75) is 31.8 Å². The summed E-state index contributed by atoms with van der Waals surface area (Å²) in [4.78, 5) is 0. The molecular weight excluding hydrogens is 230 g/mol. The molecule has 18 heavy (non-hydrogen) atoms. The first-order valence-corrected chi connectivity index (χ1v) is 6.32. The summed E-state index contributed by atoms with van der Waals surface area (Å²) in [6, 6.07) is 5.40. The van der Waals surface area contributed by atoms with Crippen LogP contribution in [0, 0.1) is 0 Å². The largest absolute Gasteiger partial charge is 0.507 e. The van der Waals surface area contributed by atoms with Crippen LogP contribution in [0.15, 0.2) is 18.2 Å². The topological polar surface area (TPSA) is 50.7 Å². The van der Waals surface area contributed by atoms with Crippen LogP contribution in [0.5, 0.6) is 11.5 Å². The Bertz CT molecular complexity index is 400. The number of phenols is 1. The molecule has 1 fully saturated rings. The van der Waals surface area contributed by atoms with Gasteiger partial charge >= 0.3 is 0 Å². The Labute approximate surface area is 108 Å². The maximum Gasteiger partial charge on any atom is 0.123 e. The van der Waals surface area contributed by atoms with Gasteiger partial charge in [-0.1, -0.05) is 6.07 Å². The number of hydrogen-bond acceptors (Lipinski definition) is 4. The highest BCUT2D eigenvalue weighted by Crippen LogP contribution is 2.25. The summed E-state index contributed by atoms with van der Waals surface area (Å²) in [5.41, 5.74) is 0.994. The number of benzene rings is 1. The maximum atomic E-state index is 9.89. The van der Waals surface area contributed by atoms with Crippen molar-refractivity contribution in [3.8, 4) is 11.5 Å². The molecule has 4 heteroatoms. The molecule has 0 amide bonds. The molecule has 1 aliphatic heterocycles. The molecule has 1 heterocycles. The molecule has 1 aliphatic rings. The molecule has 1 aromatic rings. The van der Waals surface area contributed by atoms with Crippen LogP contribution >= 0.6 is 0 Å². The van der Waals surface area contributed by atoms with Crippen LogP contribution in [0.3, 0.4) is 0 Å². The highest BCUT2D eigenvalue weighted by atomic mass is 16.5. The SMILES string of the molecule is COc1ccc(CNC2(C)CCOCC2)c(O)c1. The van der Waals surface area contributed by atoms with Gasteiger partial charge in [-0.25, -0.2) is 0 Å². The first-order chi connectivity index (χ1) is 8.63. The third-order valence-corrected chi connectivity index (χ3v) is 3.59. The number of ether oxygens (including phenoxy) is 2. The first-order valence-electron chi connectivity index (χ1n) is 6.32. The highest BCUT2D eigenvalue weighted by molar-refractivity contribution is 5.39. The van der Waals surface area contributed by atoms with Crippen LogP contribution in [0.2, 0.25) is 0 Å². The lowest BCUT2D eigenvalue weighted by Gasteiger charge is -2.34. The summed E-state index contributed by atoms with van der Waals surface area (Å²) >= 11 is 0. The summed E-state index contributed by atoms with van der Waals surface area (Å²) in [5.74, 6) is 0.950. The van der Waals surface area contributed by atoms with E-state index in [0.717, 1.165) is 31.6 Å². The standard InChI is InChI=1S/C14H21NO3/c1-14(5-7-18-8-6-14)15-10-11-3-4-12(17-2)9-13(11)16/h3-4,9,15-16H,5-8,10H2,1-2H3. The molecule has 100 valence electrons. The Morgan fingerprint density at radius 3 is 2.72 bits per heavy atom. The van der Waals surface area contributed by atoms with E-state index >= 15 is 0 Å². The van der Waals surface area contributed by atoms with E-state index in [4.69, 9.17) is 9.47 Å². The minimum atomic E-state index is 0.102. The van der Waals surface area contributed by atoms with Crippen molar-refractivity contribution in [2.75, 3.05) is 20.3 Å². The van der Waals surface area contributed by atoms with Gasteiger partial charge in [-0.05, 0) is 25.8 Å². The number of methoxy groups -OCH3 is 1. The minimum absolute atomic E-state index is 0.102. The van der Waals surface area contributed by atoms with Gasteiger partial charge in [0.2, 0.25) is 0 Å². The molecule has 0 atom stereocenters. The van der Waals surface area contributed by atoms with E-state index < -0.39 is 0 Å². The molecule has 0 unspecified atom stereocenters. The van der Waals surface area contributed by atoms with E-state index in [1.54, 1.807) is 13.2 Å². The lowest BCUT2D eigenvalue weighted by molar-refractivity contribution is 0.0445. The molecule has 0 radical (unpaired) electrons. The second-order valence-corrected chi connectivity index (χ2v) is 5.02. The van der Waals surface area contributed by atoms with Gasteiger partial charge in [0, 0.05) is 36.9 Å². The molecule has 0 saturated carbocycles. The summed E-state index contributed by atoms with van der Waals surface area (Å²) in [6.07, 6.45) is 2.01. The average molecular weight is 251 g/mol. The van der Waals surface area contributed by atoms with Crippen LogP contribution in [0.25, 0.3) is 0 Å². The zero-order chi connectivity index (χ0) is 13.0. The van der Waals surface area contributed by atoms with E-state index in [-0.39, 0.29) is 11.3 Å². The second kappa shape index (κ2) is 5.59. The summed E-state index contributed by atoms with van der Waals surface area (Å²) in [5, 5.41) is 13.4. The lowest BCUT2D eigenvalue weighted by Crippen LogP contribution is -2.46. The smallest absolute Gasteiger partial charge is 0.123 e. The van der Waals surface area contributed by atoms with Crippen molar-refractivity contribution in [3.63, 3.8) is 0 Å². The number of aromatic hydroxyl groups is 1. The van der Waals surface area contributed by atoms with E-state index in [1.165, 1.54) is 0 Å².